The molecule has 0 amide bonds. The number of nitrogens with zero attached hydrogens (tertiary/aromatic N) is 1. The van der Waals surface area contributed by atoms with Gasteiger partial charge in [-0.25, -0.2) is 9.78 Å². The first-order valence-electron chi connectivity index (χ1n) is 9.54. The van der Waals surface area contributed by atoms with Crippen LogP contribution >= 0.6 is 34.7 Å². The molecule has 0 spiro atoms. The van der Waals surface area contributed by atoms with Crippen molar-refractivity contribution in [2.45, 2.75) is 31.1 Å². The van der Waals surface area contributed by atoms with Gasteiger partial charge in [0.2, 0.25) is 0 Å². The zero-order chi connectivity index (χ0) is 22.0. The molecule has 0 unspecified atom stereocenters. The van der Waals surface area contributed by atoms with Gasteiger partial charge < -0.3 is 9.72 Å². The van der Waals surface area contributed by atoms with E-state index in [1.807, 2.05) is 50.2 Å². The van der Waals surface area contributed by atoms with Crippen LogP contribution in [-0.4, -0.2) is 15.9 Å². The molecule has 158 valence electrons. The summed E-state index contributed by atoms with van der Waals surface area (Å²) in [6.45, 7) is 3.77. The molecule has 1 N–H and O–H groups in total. The number of thiophene rings is 1. The fraction of sp³-hybridized carbons (Fsp3) is 0.174. The van der Waals surface area contributed by atoms with Crippen LogP contribution in [0.5, 0.6) is 0 Å². The first kappa shape index (κ1) is 21.6. The summed E-state index contributed by atoms with van der Waals surface area (Å²) < 4.78 is 5.35. The van der Waals surface area contributed by atoms with Gasteiger partial charge in [-0.05, 0) is 61.4 Å². The van der Waals surface area contributed by atoms with Crippen molar-refractivity contribution in [3.8, 4) is 0 Å². The Hall–Kier alpha value is -2.61. The molecular formula is C23H19ClN2O3S2. The highest BCUT2D eigenvalue weighted by Gasteiger charge is 2.13. The summed E-state index contributed by atoms with van der Waals surface area (Å²) in [5, 5.41) is 1.32. The van der Waals surface area contributed by atoms with Gasteiger partial charge in [-0.15, -0.1) is 23.1 Å². The molecular weight excluding hydrogens is 452 g/mol. The fourth-order valence-electron chi connectivity index (χ4n) is 3.02. The number of ether oxygens (including phenoxy) is 1. The van der Waals surface area contributed by atoms with E-state index in [1.165, 1.54) is 11.3 Å². The summed E-state index contributed by atoms with van der Waals surface area (Å²) in [6, 6.07) is 15.0. The standard InChI is InChI=1S/C23H19ClN2O3S2/c1-13-14(2)31-22-20(13)21(27)25-19(26-22)11-29-23(28)16-5-3-15(4-6-16)12-30-18-9-7-17(24)8-10-18/h3-10H,11-12H2,1-2H3,(H,25,26,27). The molecule has 0 saturated carbocycles. The van der Waals surface area contributed by atoms with E-state index in [1.54, 1.807) is 23.9 Å². The van der Waals surface area contributed by atoms with E-state index in [-0.39, 0.29) is 12.2 Å². The molecule has 5 nitrogen and oxygen atoms in total. The predicted molar refractivity (Wildman–Crippen MR) is 126 cm³/mol. The number of esters is 1. The lowest BCUT2D eigenvalue weighted by Crippen LogP contribution is -2.14. The summed E-state index contributed by atoms with van der Waals surface area (Å²) in [5.74, 6) is 0.656. The van der Waals surface area contributed by atoms with E-state index < -0.39 is 5.97 Å². The number of nitrogens with one attached hydrogen (secondary N) is 1. The van der Waals surface area contributed by atoms with Gasteiger partial charge in [-0.2, -0.15) is 0 Å². The summed E-state index contributed by atoms with van der Waals surface area (Å²) in [7, 11) is 0. The van der Waals surface area contributed by atoms with Crippen molar-refractivity contribution < 1.29 is 9.53 Å². The number of H-pyrrole nitrogens is 1. The number of carbonyl (C=O) groups excluding carboxylic acids is 1. The number of carbonyl (C=O) groups is 1. The summed E-state index contributed by atoms with van der Waals surface area (Å²) in [6.07, 6.45) is 0. The van der Waals surface area contributed by atoms with Crippen LogP contribution in [0.3, 0.4) is 0 Å². The Labute approximate surface area is 192 Å². The molecule has 2 aromatic heterocycles. The summed E-state index contributed by atoms with van der Waals surface area (Å²) >= 11 is 9.06. The SMILES string of the molecule is Cc1sc2nc(COC(=O)c3ccc(CSc4ccc(Cl)cc4)cc3)[nH]c(=O)c2c1C. The second-order valence-corrected chi connectivity index (χ2v) is 9.68. The number of halogens is 1. The molecule has 0 atom stereocenters. The third kappa shape index (κ3) is 5.01. The first-order valence-corrected chi connectivity index (χ1v) is 11.7. The van der Waals surface area contributed by atoms with E-state index in [9.17, 15) is 9.59 Å². The average Bonchev–Trinajstić information content (AvgIpc) is 3.06. The van der Waals surface area contributed by atoms with Gasteiger partial charge in [-0.1, -0.05) is 23.7 Å². The number of rotatable bonds is 6. The van der Waals surface area contributed by atoms with Crippen LogP contribution < -0.4 is 5.56 Å². The van der Waals surface area contributed by atoms with Crippen LogP contribution in [0.2, 0.25) is 5.02 Å². The number of hydrogen-bond donors (Lipinski definition) is 1. The van der Waals surface area contributed by atoms with Gasteiger partial charge in [0, 0.05) is 20.5 Å². The number of benzene rings is 2. The van der Waals surface area contributed by atoms with E-state index in [4.69, 9.17) is 16.3 Å². The van der Waals surface area contributed by atoms with E-state index >= 15 is 0 Å². The van der Waals surface area contributed by atoms with Crippen molar-refractivity contribution in [2.24, 2.45) is 0 Å². The lowest BCUT2D eigenvalue weighted by Gasteiger charge is -2.06. The molecule has 0 aliphatic rings. The number of fused-ring (bicyclic) bond motifs is 1. The van der Waals surface area contributed by atoms with E-state index in [0.29, 0.717) is 26.6 Å². The number of hydrogen-bond acceptors (Lipinski definition) is 6. The topological polar surface area (TPSA) is 72.0 Å². The highest BCUT2D eigenvalue weighted by Crippen LogP contribution is 2.26. The smallest absolute Gasteiger partial charge is 0.338 e. The molecule has 4 aromatic rings. The maximum atomic E-state index is 12.4. The fourth-order valence-corrected chi connectivity index (χ4v) is 5.05. The van der Waals surface area contributed by atoms with Crippen molar-refractivity contribution in [3.63, 3.8) is 0 Å². The number of aryl methyl sites for hydroxylation is 2. The minimum absolute atomic E-state index is 0.0891. The lowest BCUT2D eigenvalue weighted by molar-refractivity contribution is 0.0462. The van der Waals surface area contributed by atoms with Gasteiger partial charge >= 0.3 is 5.97 Å². The Bertz CT molecular complexity index is 1300. The quantitative estimate of drug-likeness (QED) is 0.280. The number of thioether (sulfide) groups is 1. The molecule has 0 radical (unpaired) electrons. The molecule has 0 aliphatic heterocycles. The van der Waals surface area contributed by atoms with Crippen molar-refractivity contribution >= 4 is 50.9 Å². The van der Waals surface area contributed by atoms with Crippen LogP contribution in [0.4, 0.5) is 0 Å². The molecule has 0 bridgehead atoms. The van der Waals surface area contributed by atoms with Gasteiger partial charge in [0.25, 0.3) is 5.56 Å². The molecule has 0 aliphatic carbocycles. The summed E-state index contributed by atoms with van der Waals surface area (Å²) in [5.41, 5.74) is 2.27. The van der Waals surface area contributed by atoms with Crippen molar-refractivity contribution in [3.05, 3.63) is 91.3 Å². The molecule has 2 aromatic carbocycles. The molecule has 8 heteroatoms. The second-order valence-electron chi connectivity index (χ2n) is 6.99. The summed E-state index contributed by atoms with van der Waals surface area (Å²) in [4.78, 5) is 34.7. The minimum Gasteiger partial charge on any atom is -0.454 e. The van der Waals surface area contributed by atoms with Crippen molar-refractivity contribution in [2.75, 3.05) is 0 Å². The number of aromatic nitrogens is 2. The zero-order valence-corrected chi connectivity index (χ0v) is 19.3. The van der Waals surface area contributed by atoms with Crippen LogP contribution in [0, 0.1) is 13.8 Å². The highest BCUT2D eigenvalue weighted by molar-refractivity contribution is 7.98. The van der Waals surface area contributed by atoms with Gasteiger partial charge in [-0.3, -0.25) is 4.79 Å². The van der Waals surface area contributed by atoms with Crippen molar-refractivity contribution in [1.82, 2.24) is 9.97 Å². The average molecular weight is 471 g/mol. The van der Waals surface area contributed by atoms with Crippen LogP contribution in [0.25, 0.3) is 10.2 Å². The molecule has 31 heavy (non-hydrogen) atoms. The highest BCUT2D eigenvalue weighted by atomic mass is 35.5. The van der Waals surface area contributed by atoms with Crippen molar-refractivity contribution in [1.29, 1.82) is 0 Å². The lowest BCUT2D eigenvalue weighted by atomic mass is 10.1. The maximum absolute atomic E-state index is 12.4. The van der Waals surface area contributed by atoms with Crippen LogP contribution in [0.15, 0.2) is 58.2 Å². The largest absolute Gasteiger partial charge is 0.454 e. The second kappa shape index (κ2) is 9.26. The monoisotopic (exact) mass is 470 g/mol. The number of aromatic amines is 1. The Morgan fingerprint density at radius 1 is 1.13 bits per heavy atom. The third-order valence-electron chi connectivity index (χ3n) is 4.84. The zero-order valence-electron chi connectivity index (χ0n) is 16.9. The minimum atomic E-state index is -0.460. The first-order chi connectivity index (χ1) is 14.9. The Morgan fingerprint density at radius 3 is 2.55 bits per heavy atom. The maximum Gasteiger partial charge on any atom is 0.338 e. The molecule has 0 fully saturated rings. The van der Waals surface area contributed by atoms with Gasteiger partial charge in [0.1, 0.15) is 17.3 Å². The molecule has 0 saturated heterocycles. The van der Waals surface area contributed by atoms with E-state index in [0.717, 1.165) is 26.7 Å². The van der Waals surface area contributed by atoms with Crippen LogP contribution in [0.1, 0.15) is 32.2 Å². The molecule has 2 heterocycles. The Morgan fingerprint density at radius 2 is 1.84 bits per heavy atom. The third-order valence-corrected chi connectivity index (χ3v) is 7.27. The van der Waals surface area contributed by atoms with Gasteiger partial charge in [0.15, 0.2) is 0 Å². The Balaban J connectivity index is 1.37. The Kier molecular flexibility index (Phi) is 6.46. The normalized spacial score (nSPS) is 11.1. The van der Waals surface area contributed by atoms with Crippen LogP contribution in [-0.2, 0) is 17.1 Å². The predicted octanol–water partition coefficient (Wildman–Crippen LogP) is 5.90. The molecule has 4 rings (SSSR count). The van der Waals surface area contributed by atoms with E-state index in [2.05, 4.69) is 9.97 Å². The van der Waals surface area contributed by atoms with Gasteiger partial charge in [0.05, 0.1) is 10.9 Å².